The molecule has 0 bridgehead atoms. The second-order valence-electron chi connectivity index (χ2n) is 7.93. The van der Waals surface area contributed by atoms with Crippen molar-refractivity contribution in [2.24, 2.45) is 22.9 Å². The van der Waals surface area contributed by atoms with E-state index in [1.165, 1.54) is 20.6 Å². The van der Waals surface area contributed by atoms with Gasteiger partial charge >= 0.3 is 12.1 Å². The monoisotopic (exact) mass is 694 g/mol. The molecule has 4 amide bonds. The van der Waals surface area contributed by atoms with Crippen molar-refractivity contribution in [1.82, 2.24) is 21.3 Å². The lowest BCUT2D eigenvalue weighted by atomic mass is 10.2. The Labute approximate surface area is 276 Å². The summed E-state index contributed by atoms with van der Waals surface area (Å²) < 4.78 is 14.2. The van der Waals surface area contributed by atoms with Gasteiger partial charge < -0.3 is 58.4 Å². The van der Waals surface area contributed by atoms with Gasteiger partial charge in [0.1, 0.15) is 5.60 Å². The van der Waals surface area contributed by atoms with Crippen molar-refractivity contribution in [1.29, 1.82) is 0 Å². The van der Waals surface area contributed by atoms with Crippen LogP contribution < -0.4 is 44.2 Å². The van der Waals surface area contributed by atoms with Crippen molar-refractivity contribution in [3.05, 3.63) is 0 Å². The molecule has 0 aliphatic carbocycles. The lowest BCUT2D eigenvalue weighted by molar-refractivity contribution is -0.138. The fourth-order valence-electron chi connectivity index (χ4n) is 1.67. The Bertz CT molecular complexity index is 601. The van der Waals surface area contributed by atoms with Gasteiger partial charge in [0.05, 0.1) is 39.4 Å². The Morgan fingerprint density at radius 2 is 1.21 bits per heavy atom. The van der Waals surface area contributed by atoms with E-state index in [2.05, 4.69) is 26.0 Å². The van der Waals surface area contributed by atoms with Crippen LogP contribution in [0.5, 0.6) is 0 Å². The van der Waals surface area contributed by atoms with Gasteiger partial charge in [-0.15, -0.1) is 37.2 Å². The lowest BCUT2D eigenvalue weighted by Gasteiger charge is -2.19. The minimum Gasteiger partial charge on any atom is -0.468 e. The fraction of sp³-hybridized carbons (Fsp3) is 0.792. The quantitative estimate of drug-likeness (QED) is 0.162. The standard InChI is InChI=1S/C8H16N2O3.C5H11NO.2C3H8N2O.C3H7NO2.2CH4.3ClH/c1-8(2,3)13-7(12)10-5-6(11)9-4;6-4-5-2-1-3-7-5;2*1-5-3(6)2-4;1-6-3(5)2-4;;;;;/h5H2,1-4H3,(H,9,11)(H,10,12);5H,1-4,6H2;2*2,4H2,1H3,(H,5,6);2,4H2,1H3;2*1H4;3*1H. The van der Waals surface area contributed by atoms with E-state index < -0.39 is 11.7 Å². The maximum Gasteiger partial charge on any atom is 0.408 e. The highest BCUT2D eigenvalue weighted by Crippen LogP contribution is 2.09. The summed E-state index contributed by atoms with van der Waals surface area (Å²) in [5.41, 5.74) is 19.3. The second kappa shape index (κ2) is 44.3. The van der Waals surface area contributed by atoms with Gasteiger partial charge in [-0.25, -0.2) is 4.79 Å². The smallest absolute Gasteiger partial charge is 0.408 e. The number of carbonyl (C=O) groups excluding carboxylic acids is 5. The molecule has 1 fully saturated rings. The van der Waals surface area contributed by atoms with Crippen molar-refractivity contribution in [2.45, 2.75) is 60.2 Å². The highest BCUT2D eigenvalue weighted by atomic mass is 35.5. The Morgan fingerprint density at radius 1 is 0.791 bits per heavy atom. The Morgan fingerprint density at radius 3 is 1.37 bits per heavy atom. The molecular weight excluding hydrogens is 635 g/mol. The van der Waals surface area contributed by atoms with E-state index in [0.29, 0.717) is 12.6 Å². The Balaban J connectivity index is -0.0000000486. The summed E-state index contributed by atoms with van der Waals surface area (Å²) in [6, 6.07) is 0. The molecule has 0 aromatic carbocycles. The van der Waals surface area contributed by atoms with Gasteiger partial charge in [0.2, 0.25) is 17.7 Å². The van der Waals surface area contributed by atoms with Gasteiger partial charge in [-0.1, -0.05) is 14.9 Å². The summed E-state index contributed by atoms with van der Waals surface area (Å²) in [7, 11) is 5.90. The largest absolute Gasteiger partial charge is 0.468 e. The molecule has 1 heterocycles. The van der Waals surface area contributed by atoms with Crippen LogP contribution in [0.4, 0.5) is 4.79 Å². The van der Waals surface area contributed by atoms with Crippen molar-refractivity contribution in [3.8, 4) is 0 Å². The Kier molecular flexibility index (Phi) is 65.8. The molecule has 1 unspecified atom stereocenters. The molecule has 1 aliphatic rings. The number of nitrogens with one attached hydrogen (secondary N) is 4. The van der Waals surface area contributed by atoms with Crippen LogP contribution in [0.2, 0.25) is 0 Å². The van der Waals surface area contributed by atoms with E-state index in [0.717, 1.165) is 13.0 Å². The highest BCUT2D eigenvalue weighted by Gasteiger charge is 2.16. The topological polar surface area (TPSA) is 265 Å². The number of alkyl carbamates (subject to hydrolysis) is 1. The van der Waals surface area contributed by atoms with Gasteiger partial charge in [0, 0.05) is 34.3 Å². The molecule has 0 aromatic rings. The van der Waals surface area contributed by atoms with E-state index >= 15 is 0 Å². The molecule has 12 N–H and O–H groups in total. The molecule has 19 heteroatoms. The van der Waals surface area contributed by atoms with Gasteiger partial charge in [0.15, 0.2) is 0 Å². The van der Waals surface area contributed by atoms with Crippen molar-refractivity contribution < 1.29 is 38.2 Å². The van der Waals surface area contributed by atoms with Crippen LogP contribution in [0.1, 0.15) is 48.5 Å². The van der Waals surface area contributed by atoms with Gasteiger partial charge in [-0.05, 0) is 33.6 Å². The molecular formula is C24H61Cl3N8O8. The molecule has 16 nitrogen and oxygen atoms in total. The maximum absolute atomic E-state index is 11.0. The molecule has 0 aromatic heterocycles. The molecule has 1 rings (SSSR count). The minimum absolute atomic E-state index is 0. The highest BCUT2D eigenvalue weighted by molar-refractivity contribution is 5.86. The van der Waals surface area contributed by atoms with E-state index in [4.69, 9.17) is 32.4 Å². The number of halogens is 3. The van der Waals surface area contributed by atoms with Gasteiger partial charge in [0.25, 0.3) is 0 Å². The third-order valence-corrected chi connectivity index (χ3v) is 3.68. The first kappa shape index (κ1) is 63.9. The summed E-state index contributed by atoms with van der Waals surface area (Å²) in [6.07, 6.45) is 2.15. The van der Waals surface area contributed by atoms with E-state index in [9.17, 15) is 24.0 Å². The lowest BCUT2D eigenvalue weighted by Crippen LogP contribution is -2.38. The first-order valence-corrected chi connectivity index (χ1v) is 11.8. The summed E-state index contributed by atoms with van der Waals surface area (Å²) in [4.78, 5) is 51.4. The average Bonchev–Trinajstić information content (AvgIpc) is 3.44. The Hall–Kier alpha value is -2.18. The molecule has 0 spiro atoms. The molecule has 266 valence electrons. The molecule has 43 heavy (non-hydrogen) atoms. The third kappa shape index (κ3) is 60.0. The number of amides is 4. The number of carbonyl (C=O) groups is 5. The average molecular weight is 696 g/mol. The van der Waals surface area contributed by atoms with Crippen molar-refractivity contribution in [3.63, 3.8) is 0 Å². The van der Waals surface area contributed by atoms with Gasteiger partial charge in [-0.3, -0.25) is 19.2 Å². The van der Waals surface area contributed by atoms with Crippen LogP contribution in [0, 0.1) is 0 Å². The van der Waals surface area contributed by atoms with Crippen LogP contribution in [0.15, 0.2) is 0 Å². The summed E-state index contributed by atoms with van der Waals surface area (Å²) in [6.45, 7) is 6.95. The predicted molar refractivity (Wildman–Crippen MR) is 179 cm³/mol. The second-order valence-corrected chi connectivity index (χ2v) is 7.93. The normalized spacial score (nSPS) is 11.5. The van der Waals surface area contributed by atoms with E-state index in [-0.39, 0.29) is 102 Å². The summed E-state index contributed by atoms with van der Waals surface area (Å²) in [5.74, 6) is -0.897. The van der Waals surface area contributed by atoms with Crippen LogP contribution in [-0.4, -0.2) is 109 Å². The van der Waals surface area contributed by atoms with E-state index in [1.54, 1.807) is 34.9 Å². The summed E-state index contributed by atoms with van der Waals surface area (Å²) >= 11 is 0. The number of ether oxygens (including phenoxy) is 3. The van der Waals surface area contributed by atoms with Crippen LogP contribution >= 0.6 is 37.2 Å². The number of hydrogen-bond donors (Lipinski definition) is 8. The molecule has 0 radical (unpaired) electrons. The number of likely N-dealkylation sites (N-methyl/N-ethyl adjacent to an activating group) is 3. The zero-order chi connectivity index (χ0) is 30.6. The minimum atomic E-state index is -0.587. The number of methoxy groups -OCH3 is 1. The first-order chi connectivity index (χ1) is 17.7. The SMILES string of the molecule is C.C.CNC(=O)CN.CNC(=O)CN.CNC(=O)CNC(=O)OC(C)(C)C.COC(=O)CN.Cl.Cl.Cl.NCC1CCCO1. The van der Waals surface area contributed by atoms with Crippen LogP contribution in [-0.2, 0) is 33.4 Å². The van der Waals surface area contributed by atoms with Gasteiger partial charge in [-0.2, -0.15) is 0 Å². The fourth-order valence-corrected chi connectivity index (χ4v) is 1.67. The third-order valence-electron chi connectivity index (χ3n) is 3.68. The predicted octanol–water partition coefficient (Wildman–Crippen LogP) is -0.581. The molecule has 0 saturated carbocycles. The number of esters is 1. The zero-order valence-corrected chi connectivity index (χ0v) is 27.5. The van der Waals surface area contributed by atoms with Crippen LogP contribution in [0.25, 0.3) is 0 Å². The first-order valence-electron chi connectivity index (χ1n) is 11.8. The van der Waals surface area contributed by atoms with Crippen molar-refractivity contribution >= 4 is 67.0 Å². The maximum atomic E-state index is 11.0. The van der Waals surface area contributed by atoms with Crippen LogP contribution in [0.3, 0.4) is 0 Å². The summed E-state index contributed by atoms with van der Waals surface area (Å²) in [5, 5.41) is 9.39. The molecule has 1 atom stereocenters. The molecule has 1 saturated heterocycles. The van der Waals surface area contributed by atoms with E-state index in [1.807, 2.05) is 0 Å². The number of rotatable bonds is 6. The van der Waals surface area contributed by atoms with Crippen molar-refractivity contribution in [2.75, 3.05) is 67.6 Å². The zero-order valence-electron chi connectivity index (χ0n) is 25.0. The number of nitrogens with two attached hydrogens (primary N) is 4. The number of hydrogen-bond acceptors (Lipinski definition) is 12. The molecule has 1 aliphatic heterocycles.